The summed E-state index contributed by atoms with van der Waals surface area (Å²) in [4.78, 5) is 49.7. The molecular weight excluding hydrogens is 418 g/mol. The van der Waals surface area contributed by atoms with Crippen molar-refractivity contribution in [3.63, 3.8) is 0 Å². The van der Waals surface area contributed by atoms with Crippen LogP contribution in [0.2, 0.25) is 0 Å². The van der Waals surface area contributed by atoms with Crippen molar-refractivity contribution in [2.24, 2.45) is 23.6 Å². The Bertz CT molecular complexity index is 640. The number of hydrogen-bond acceptors (Lipinski definition) is 7. The lowest BCUT2D eigenvalue weighted by molar-refractivity contribution is -0.144. The number of amides is 3. The van der Waals surface area contributed by atoms with Gasteiger partial charge in [0.1, 0.15) is 24.2 Å². The van der Waals surface area contributed by atoms with Gasteiger partial charge in [-0.05, 0) is 31.1 Å². The highest BCUT2D eigenvalue weighted by Gasteiger charge is 2.34. The van der Waals surface area contributed by atoms with E-state index in [1.807, 2.05) is 27.7 Å². The predicted octanol–water partition coefficient (Wildman–Crippen LogP) is -0.514. The molecule has 186 valence electrons. The lowest BCUT2D eigenvalue weighted by Crippen LogP contribution is -2.61. The van der Waals surface area contributed by atoms with Crippen LogP contribution in [-0.2, 0) is 19.2 Å². The molecule has 0 heterocycles. The van der Waals surface area contributed by atoms with Gasteiger partial charge in [-0.3, -0.25) is 20.2 Å². The van der Waals surface area contributed by atoms with E-state index in [9.17, 15) is 29.4 Å². The molecule has 0 aliphatic heterocycles. The average molecular weight is 460 g/mol. The van der Waals surface area contributed by atoms with E-state index in [0.717, 1.165) is 0 Å². The lowest BCUT2D eigenvalue weighted by atomic mass is 9.97. The molecule has 8 N–H and O–H groups in total. The first kappa shape index (κ1) is 29.8. The van der Waals surface area contributed by atoms with E-state index in [-0.39, 0.29) is 18.3 Å². The molecule has 0 aliphatic rings. The van der Waals surface area contributed by atoms with Crippen LogP contribution in [0, 0.1) is 17.8 Å². The molecule has 0 bridgehead atoms. The summed E-state index contributed by atoms with van der Waals surface area (Å²) in [6, 6.07) is -4.26. The quantitative estimate of drug-likeness (QED) is 0.134. The Morgan fingerprint density at radius 3 is 1.69 bits per heavy atom. The first-order chi connectivity index (χ1) is 14.8. The molecule has 0 saturated carbocycles. The van der Waals surface area contributed by atoms with Crippen LogP contribution < -0.4 is 27.2 Å². The van der Waals surface area contributed by atoms with E-state index in [2.05, 4.69) is 21.4 Å². The van der Waals surface area contributed by atoms with E-state index in [1.165, 1.54) is 6.92 Å². The molecule has 32 heavy (non-hydrogen) atoms. The van der Waals surface area contributed by atoms with Crippen LogP contribution in [0.4, 0.5) is 0 Å². The third-order valence-corrected chi connectivity index (χ3v) is 5.31. The Morgan fingerprint density at radius 2 is 1.31 bits per heavy atom. The summed E-state index contributed by atoms with van der Waals surface area (Å²) in [5, 5.41) is 26.8. The molecule has 0 aromatic rings. The molecule has 11 heteroatoms. The van der Waals surface area contributed by atoms with Crippen LogP contribution in [-0.4, -0.2) is 64.2 Å². The number of hydrazine groups is 1. The molecular formula is C21H41N5O6. The molecule has 0 aromatic carbocycles. The van der Waals surface area contributed by atoms with Crippen LogP contribution >= 0.6 is 0 Å². The summed E-state index contributed by atoms with van der Waals surface area (Å²) in [6.07, 6.45) is -0.323. The molecule has 0 unspecified atom stereocenters. The molecule has 3 amide bonds. The Labute approximate surface area is 190 Å². The Kier molecular flexibility index (Phi) is 13.0. The molecule has 11 nitrogen and oxygen atoms in total. The number of carboxylic acid groups (broad SMARTS) is 1. The zero-order valence-corrected chi connectivity index (χ0v) is 20.1. The van der Waals surface area contributed by atoms with Gasteiger partial charge in [0, 0.05) is 0 Å². The second-order valence-electron chi connectivity index (χ2n) is 9.02. The van der Waals surface area contributed by atoms with Gasteiger partial charge in [0.25, 0.3) is 0 Å². The second-order valence-corrected chi connectivity index (χ2v) is 9.02. The molecule has 0 aromatic heterocycles. The highest BCUT2D eigenvalue weighted by molar-refractivity contribution is 5.94. The number of nitrogens with two attached hydrogens (primary N) is 1. The van der Waals surface area contributed by atoms with E-state index in [0.29, 0.717) is 6.42 Å². The van der Waals surface area contributed by atoms with E-state index in [4.69, 9.17) is 5.84 Å². The SMILES string of the molecule is CC[C@H](C)[C@H](NN)C(=O)N[C@@H](CC(C)C)C(=O)N[C@H](C(=O)N[C@H](C(=O)O)C(C)C)[C@@H](C)O. The van der Waals surface area contributed by atoms with Crippen molar-refractivity contribution >= 4 is 23.7 Å². The number of carboxylic acids is 1. The summed E-state index contributed by atoms with van der Waals surface area (Å²) in [7, 11) is 0. The van der Waals surface area contributed by atoms with Crippen LogP contribution in [0.25, 0.3) is 0 Å². The summed E-state index contributed by atoms with van der Waals surface area (Å²) in [6.45, 7) is 12.1. The van der Waals surface area contributed by atoms with E-state index >= 15 is 0 Å². The molecule has 0 spiro atoms. The van der Waals surface area contributed by atoms with Crippen molar-refractivity contribution in [2.75, 3.05) is 0 Å². The molecule has 0 rings (SSSR count). The maximum atomic E-state index is 13.0. The van der Waals surface area contributed by atoms with Gasteiger partial charge in [0.05, 0.1) is 6.10 Å². The summed E-state index contributed by atoms with van der Waals surface area (Å²) in [5.74, 6) is 1.90. The standard InChI is InChI=1S/C21H41N5O6/c1-8-12(6)16(26-22)19(29)23-14(9-10(2)3)18(28)25-17(13(7)27)20(30)24-15(11(4)5)21(31)32/h10-17,26-27H,8-9,22H2,1-7H3,(H,23,29)(H,24,30)(H,25,28)(H,31,32)/t12-,13+,14-,15-,16-,17-/m0/s1. The fourth-order valence-electron chi connectivity index (χ4n) is 3.11. The summed E-state index contributed by atoms with van der Waals surface area (Å²) in [5.41, 5.74) is 2.47. The fourth-order valence-corrected chi connectivity index (χ4v) is 3.11. The number of aliphatic carboxylic acids is 1. The first-order valence-corrected chi connectivity index (χ1v) is 11.0. The number of hydrogen-bond donors (Lipinski definition) is 7. The van der Waals surface area contributed by atoms with Crippen molar-refractivity contribution in [3.8, 4) is 0 Å². The van der Waals surface area contributed by atoms with Gasteiger partial charge < -0.3 is 26.2 Å². The van der Waals surface area contributed by atoms with Crippen LogP contribution in [0.15, 0.2) is 0 Å². The lowest BCUT2D eigenvalue weighted by Gasteiger charge is -2.29. The molecule has 6 atom stereocenters. The van der Waals surface area contributed by atoms with Crippen molar-refractivity contribution in [1.82, 2.24) is 21.4 Å². The average Bonchev–Trinajstić information content (AvgIpc) is 2.68. The van der Waals surface area contributed by atoms with Crippen molar-refractivity contribution in [2.45, 2.75) is 91.6 Å². The van der Waals surface area contributed by atoms with Crippen LogP contribution in [0.1, 0.15) is 61.3 Å². The minimum absolute atomic E-state index is 0.0371. The van der Waals surface area contributed by atoms with Gasteiger partial charge in [-0.15, -0.1) is 0 Å². The number of aliphatic hydroxyl groups is 1. The monoisotopic (exact) mass is 459 g/mol. The predicted molar refractivity (Wildman–Crippen MR) is 120 cm³/mol. The van der Waals surface area contributed by atoms with Crippen LogP contribution in [0.5, 0.6) is 0 Å². The molecule has 0 aliphatic carbocycles. The Morgan fingerprint density at radius 1 is 0.812 bits per heavy atom. The number of carbonyl (C=O) groups excluding carboxylic acids is 3. The molecule has 0 fully saturated rings. The zero-order valence-electron chi connectivity index (χ0n) is 20.1. The van der Waals surface area contributed by atoms with Crippen molar-refractivity contribution in [1.29, 1.82) is 0 Å². The van der Waals surface area contributed by atoms with E-state index < -0.39 is 59.9 Å². The highest BCUT2D eigenvalue weighted by Crippen LogP contribution is 2.11. The van der Waals surface area contributed by atoms with Gasteiger partial charge in [-0.1, -0.05) is 48.0 Å². The minimum atomic E-state index is -1.40. The van der Waals surface area contributed by atoms with Crippen LogP contribution in [0.3, 0.4) is 0 Å². The number of carbonyl (C=O) groups is 4. The van der Waals surface area contributed by atoms with Gasteiger partial charge in [-0.25, -0.2) is 10.2 Å². The second kappa shape index (κ2) is 14.0. The highest BCUT2D eigenvalue weighted by atomic mass is 16.4. The topological polar surface area (TPSA) is 183 Å². The smallest absolute Gasteiger partial charge is 0.326 e. The number of aliphatic hydroxyl groups excluding tert-OH is 1. The fraction of sp³-hybridized carbons (Fsp3) is 0.810. The molecule has 0 saturated heterocycles. The Balaban J connectivity index is 5.54. The van der Waals surface area contributed by atoms with Gasteiger partial charge in [0.2, 0.25) is 17.7 Å². The number of nitrogens with one attached hydrogen (secondary N) is 4. The maximum Gasteiger partial charge on any atom is 0.326 e. The first-order valence-electron chi connectivity index (χ1n) is 11.0. The van der Waals surface area contributed by atoms with Gasteiger partial charge in [-0.2, -0.15) is 0 Å². The van der Waals surface area contributed by atoms with Crippen molar-refractivity contribution < 1.29 is 29.4 Å². The van der Waals surface area contributed by atoms with Gasteiger partial charge in [0.15, 0.2) is 0 Å². The number of rotatable bonds is 14. The largest absolute Gasteiger partial charge is 0.480 e. The third kappa shape index (κ3) is 9.49. The molecule has 0 radical (unpaired) electrons. The normalized spacial score (nSPS) is 17.1. The zero-order chi connectivity index (χ0) is 25.2. The third-order valence-electron chi connectivity index (χ3n) is 5.31. The summed E-state index contributed by atoms with van der Waals surface area (Å²) >= 11 is 0. The maximum absolute atomic E-state index is 13.0. The van der Waals surface area contributed by atoms with Gasteiger partial charge >= 0.3 is 5.97 Å². The Hall–Kier alpha value is -2.24. The van der Waals surface area contributed by atoms with Crippen molar-refractivity contribution in [3.05, 3.63) is 0 Å². The minimum Gasteiger partial charge on any atom is -0.480 e. The van der Waals surface area contributed by atoms with E-state index in [1.54, 1.807) is 13.8 Å². The summed E-state index contributed by atoms with van der Waals surface area (Å²) < 4.78 is 0.